The van der Waals surface area contributed by atoms with E-state index in [1.165, 1.54) is 0 Å². The van der Waals surface area contributed by atoms with Crippen LogP contribution in [-0.2, 0) is 22.8 Å². The average molecular weight is 844 g/mol. The van der Waals surface area contributed by atoms with Crippen LogP contribution >= 0.6 is 0 Å². The average Bonchev–Trinajstić information content (AvgIpc) is 2.93. The highest BCUT2D eigenvalue weighted by Crippen LogP contribution is 2.62. The van der Waals surface area contributed by atoms with Crippen molar-refractivity contribution in [1.82, 2.24) is 0 Å². The molecule has 0 aromatic carbocycles. The van der Waals surface area contributed by atoms with Gasteiger partial charge in [0.25, 0.3) is 0 Å². The van der Waals surface area contributed by atoms with Crippen LogP contribution in [0.25, 0.3) is 0 Å². The zero-order chi connectivity index (χ0) is 41.9. The van der Waals surface area contributed by atoms with Gasteiger partial charge in [-0.05, 0) is 0 Å². The number of hydrogen-bond acceptors (Lipinski definition) is 5. The van der Waals surface area contributed by atoms with E-state index in [2.05, 4.69) is 18.0 Å². The molecule has 0 radical (unpaired) electrons. The van der Waals surface area contributed by atoms with Crippen molar-refractivity contribution in [2.24, 2.45) is 0 Å². The molecule has 0 heterocycles. The van der Waals surface area contributed by atoms with Crippen molar-refractivity contribution >= 4 is 14.8 Å². The maximum atomic E-state index is 14.5. The summed E-state index contributed by atoms with van der Waals surface area (Å²) in [5.74, 6) is -88.5. The molecule has 0 aliphatic rings. The third-order valence-electron chi connectivity index (χ3n) is 6.36. The molecule has 0 bridgehead atoms. The van der Waals surface area contributed by atoms with Gasteiger partial charge < -0.3 is 18.0 Å². The third-order valence-corrected chi connectivity index (χ3v) is 9.18. The van der Waals surface area contributed by atoms with Crippen LogP contribution in [0.3, 0.4) is 0 Å². The monoisotopic (exact) mass is 844 g/mol. The van der Waals surface area contributed by atoms with Gasteiger partial charge in [0.05, 0.1) is 12.5 Å². The lowest BCUT2D eigenvalue weighted by Gasteiger charge is -2.41. The first-order valence-electron chi connectivity index (χ1n) is 11.7. The van der Waals surface area contributed by atoms with Crippen LogP contribution in [0, 0.1) is 0 Å². The molecule has 0 aromatic rings. The number of hydrogen-bond donors (Lipinski definition) is 0. The summed E-state index contributed by atoms with van der Waals surface area (Å²) < 4.78 is 364. The topological polar surface area (TPSA) is 54.0 Å². The number of esters is 1. The lowest BCUT2D eigenvalue weighted by molar-refractivity contribution is -0.441. The fourth-order valence-corrected chi connectivity index (χ4v) is 5.06. The van der Waals surface area contributed by atoms with Crippen molar-refractivity contribution in [3.8, 4) is 0 Å². The number of alkyl halides is 26. The van der Waals surface area contributed by atoms with Crippen molar-refractivity contribution in [3.05, 3.63) is 0 Å². The lowest BCUT2D eigenvalue weighted by atomic mass is 9.91. The second-order valence-corrected chi connectivity index (χ2v) is 12.6. The summed E-state index contributed by atoms with van der Waals surface area (Å²) in [6, 6.07) is -2.38. The number of ether oxygens (including phenoxy) is 1. The summed E-state index contributed by atoms with van der Waals surface area (Å²) >= 11 is 0. The fraction of sp³-hybridized carbons (Fsp3) is 0.947. The first-order chi connectivity index (χ1) is 21.9. The highest BCUT2D eigenvalue weighted by atomic mass is 28.4. The van der Waals surface area contributed by atoms with Gasteiger partial charge in [0.2, 0.25) is 0 Å². The predicted molar refractivity (Wildman–Crippen MR) is 108 cm³/mol. The Labute approximate surface area is 264 Å². The van der Waals surface area contributed by atoms with Crippen LogP contribution in [0.2, 0.25) is 6.04 Å². The quantitative estimate of drug-likeness (QED) is 0.0835. The molecule has 0 spiro atoms. The van der Waals surface area contributed by atoms with Gasteiger partial charge in [0.1, 0.15) is 6.10 Å². The third kappa shape index (κ3) is 7.33. The Balaban J connectivity index is 7.31. The van der Waals surface area contributed by atoms with Crippen LogP contribution < -0.4 is 0 Å². The molecule has 0 aliphatic carbocycles. The second-order valence-electron chi connectivity index (χ2n) is 9.60. The largest absolute Gasteiger partial charge is 0.503 e. The van der Waals surface area contributed by atoms with Gasteiger partial charge in [-0.3, -0.25) is 0 Å². The van der Waals surface area contributed by atoms with Gasteiger partial charge >= 0.3 is 86.4 Å². The molecule has 0 fully saturated rings. The molecule has 0 amide bonds. The summed E-state index contributed by atoms with van der Waals surface area (Å²) in [6.07, 6.45) is -24.1. The van der Waals surface area contributed by atoms with Gasteiger partial charge in [-0.1, -0.05) is 0 Å². The Morgan fingerprint density at radius 2 is 0.725 bits per heavy atom. The zero-order valence-electron chi connectivity index (χ0n) is 23.9. The lowest BCUT2D eigenvalue weighted by Crippen LogP contribution is -2.71. The van der Waals surface area contributed by atoms with E-state index < -0.39 is 105 Å². The van der Waals surface area contributed by atoms with Crippen LogP contribution in [0.5, 0.6) is 0 Å². The summed E-state index contributed by atoms with van der Waals surface area (Å²) in [6.45, 7) is 0. The smallest absolute Gasteiger partial charge is 0.458 e. The first kappa shape index (κ1) is 48.7. The fourth-order valence-electron chi connectivity index (χ4n) is 3.27. The molecule has 0 aliphatic heterocycles. The van der Waals surface area contributed by atoms with E-state index in [9.17, 15) is 119 Å². The summed E-state index contributed by atoms with van der Waals surface area (Å²) in [7, 11) is -4.40. The molecular weight excluding hydrogens is 830 g/mol. The Hall–Kier alpha value is -2.25. The Kier molecular flexibility index (Phi) is 13.0. The summed E-state index contributed by atoms with van der Waals surface area (Å²) in [5.41, 5.74) is 0. The molecule has 32 heteroatoms. The van der Waals surface area contributed by atoms with E-state index in [4.69, 9.17) is 0 Å². The standard InChI is InChI=1S/C19H14F26O5Si/c1-47-51(48-2,49-3)5-6(4-8(20,21)10(24,25)12(28,29)14(32,33)16(36,37)18(40,41)42)50-7(46)9(22,23)11(26,27)13(30,31)15(34,35)17(38,39)19(43,44)45/h6H,4-5H2,1-3H3. The van der Waals surface area contributed by atoms with E-state index in [0.29, 0.717) is 0 Å². The highest BCUT2D eigenvalue weighted by molar-refractivity contribution is 6.60. The van der Waals surface area contributed by atoms with Gasteiger partial charge in [0.15, 0.2) is 0 Å². The van der Waals surface area contributed by atoms with Gasteiger partial charge in [0, 0.05) is 21.3 Å². The Morgan fingerprint density at radius 1 is 0.451 bits per heavy atom. The molecule has 0 saturated heterocycles. The second kappa shape index (κ2) is 13.6. The van der Waals surface area contributed by atoms with Crippen molar-refractivity contribution in [2.45, 2.75) is 90.1 Å². The van der Waals surface area contributed by atoms with Crippen molar-refractivity contribution in [3.63, 3.8) is 0 Å². The molecule has 1 unspecified atom stereocenters. The van der Waals surface area contributed by atoms with E-state index >= 15 is 0 Å². The molecule has 5 nitrogen and oxygen atoms in total. The maximum absolute atomic E-state index is 14.5. The SMILES string of the molecule is CO[Si](CC(CC(F)(F)C(F)(F)C(F)(F)C(F)(F)C(F)(F)C(F)(F)F)OC(=O)C(F)(F)C(F)(F)C(F)(F)C(F)(F)C(F)(F)C(F)(F)F)(OC)OC. The van der Waals surface area contributed by atoms with E-state index in [-0.39, 0.29) is 21.3 Å². The Morgan fingerprint density at radius 3 is 1.00 bits per heavy atom. The normalized spacial score (nSPS) is 16.7. The predicted octanol–water partition coefficient (Wildman–Crippen LogP) is 8.64. The number of carbonyl (C=O) groups is 1. The van der Waals surface area contributed by atoms with Crippen LogP contribution in [0.1, 0.15) is 6.42 Å². The minimum atomic E-state index is -8.77. The maximum Gasteiger partial charge on any atom is 0.503 e. The minimum absolute atomic E-state index is 0.283. The molecule has 51 heavy (non-hydrogen) atoms. The molecule has 1 atom stereocenters. The first-order valence-corrected chi connectivity index (χ1v) is 13.6. The Bertz CT molecular complexity index is 1210. The number of halogens is 26. The number of rotatable bonds is 17. The van der Waals surface area contributed by atoms with Crippen LogP contribution in [0.15, 0.2) is 0 Å². The van der Waals surface area contributed by atoms with E-state index in [1.54, 1.807) is 0 Å². The molecule has 0 N–H and O–H groups in total. The van der Waals surface area contributed by atoms with Gasteiger partial charge in [-0.15, -0.1) is 0 Å². The van der Waals surface area contributed by atoms with Gasteiger partial charge in [-0.2, -0.15) is 114 Å². The van der Waals surface area contributed by atoms with Crippen LogP contribution in [0.4, 0.5) is 114 Å². The molecule has 306 valence electrons. The van der Waals surface area contributed by atoms with Gasteiger partial charge in [-0.25, -0.2) is 4.79 Å². The minimum Gasteiger partial charge on any atom is -0.458 e. The van der Waals surface area contributed by atoms with E-state index in [1.807, 2.05) is 0 Å². The van der Waals surface area contributed by atoms with Crippen LogP contribution in [-0.4, -0.2) is 114 Å². The van der Waals surface area contributed by atoms with Crippen molar-refractivity contribution in [1.29, 1.82) is 0 Å². The van der Waals surface area contributed by atoms with Crippen molar-refractivity contribution in [2.75, 3.05) is 21.3 Å². The molecular formula is C19H14F26O5Si. The molecule has 0 rings (SSSR count). The highest BCUT2D eigenvalue weighted by Gasteiger charge is 2.93. The number of carbonyl (C=O) groups excluding carboxylic acids is 1. The van der Waals surface area contributed by atoms with Crippen molar-refractivity contribution < 1.29 is 137 Å². The zero-order valence-corrected chi connectivity index (χ0v) is 24.9. The van der Waals surface area contributed by atoms with E-state index in [0.717, 1.165) is 0 Å². The summed E-state index contributed by atoms with van der Waals surface area (Å²) in [5, 5.41) is 0. The molecule has 0 saturated carbocycles. The summed E-state index contributed by atoms with van der Waals surface area (Å²) in [4.78, 5) is 11.8. The molecule has 0 aromatic heterocycles.